The van der Waals surface area contributed by atoms with Gasteiger partial charge in [0.05, 0.1) is 18.4 Å². The van der Waals surface area contributed by atoms with Crippen LogP contribution in [0.4, 0.5) is 0 Å². The van der Waals surface area contributed by atoms with Crippen LogP contribution in [0.5, 0.6) is 11.6 Å². The largest absolute Gasteiger partial charge is 0.437 e. The number of benzene rings is 1. The maximum Gasteiger partial charge on any atom is 0.280 e. The van der Waals surface area contributed by atoms with Gasteiger partial charge in [-0.2, -0.15) is 10.1 Å². The van der Waals surface area contributed by atoms with E-state index in [9.17, 15) is 4.79 Å². The summed E-state index contributed by atoms with van der Waals surface area (Å²) in [5.74, 6) is 1.42. The minimum atomic E-state index is -0.205. The molecule has 4 aromatic heterocycles. The average molecular weight is 409 g/mol. The number of hydrogen-bond donors (Lipinski definition) is 1. The number of ether oxygens (including phenoxy) is 1. The van der Waals surface area contributed by atoms with Crippen molar-refractivity contribution in [2.45, 2.75) is 13.5 Å². The van der Waals surface area contributed by atoms with Crippen molar-refractivity contribution in [3.8, 4) is 11.6 Å². The standard InChI is InChI=1S/C18H13ClN8O2/c1-10-15-18(28)26(9-22-27(15)8-21-10)7-13-23-16-17(24-13)25-14(6-20-16)29-12-4-2-11(19)3-5-12/h2-6,8-9H,7H2,1H3,(H,20,23,24,25). The number of aromatic amines is 1. The van der Waals surface area contributed by atoms with Crippen molar-refractivity contribution < 1.29 is 4.74 Å². The third-order valence-corrected chi connectivity index (χ3v) is 4.55. The third-order valence-electron chi connectivity index (χ3n) is 4.30. The SMILES string of the molecule is Cc1ncn2ncn(Cc3nc4ncc(Oc5ccc(Cl)cc5)nc4[nH]3)c(=O)c12. The maximum atomic E-state index is 12.7. The molecule has 0 radical (unpaired) electrons. The van der Waals surface area contributed by atoms with Crippen molar-refractivity contribution in [3.63, 3.8) is 0 Å². The summed E-state index contributed by atoms with van der Waals surface area (Å²) in [6.07, 6.45) is 4.43. The fourth-order valence-corrected chi connectivity index (χ4v) is 3.04. The fraction of sp³-hybridized carbons (Fsp3) is 0.111. The quantitative estimate of drug-likeness (QED) is 0.485. The normalized spacial score (nSPS) is 11.4. The number of hydrogen-bond acceptors (Lipinski definition) is 7. The van der Waals surface area contributed by atoms with E-state index in [1.54, 1.807) is 31.2 Å². The summed E-state index contributed by atoms with van der Waals surface area (Å²) >= 11 is 5.88. The predicted octanol–water partition coefficient (Wildman–Crippen LogP) is 2.36. The van der Waals surface area contributed by atoms with Gasteiger partial charge < -0.3 is 9.72 Å². The summed E-state index contributed by atoms with van der Waals surface area (Å²) in [7, 11) is 0. The van der Waals surface area contributed by atoms with E-state index in [2.05, 4.69) is 30.0 Å². The minimum absolute atomic E-state index is 0.193. The van der Waals surface area contributed by atoms with Crippen molar-refractivity contribution >= 4 is 28.4 Å². The van der Waals surface area contributed by atoms with E-state index in [-0.39, 0.29) is 12.1 Å². The van der Waals surface area contributed by atoms with Gasteiger partial charge in [-0.05, 0) is 31.2 Å². The van der Waals surface area contributed by atoms with Gasteiger partial charge in [0, 0.05) is 5.02 Å². The molecular weight excluding hydrogens is 396 g/mol. The molecule has 5 rings (SSSR count). The Bertz CT molecular complexity index is 1400. The molecule has 0 aliphatic carbocycles. The number of aromatic nitrogens is 8. The van der Waals surface area contributed by atoms with Crippen LogP contribution in [0.1, 0.15) is 11.5 Å². The van der Waals surface area contributed by atoms with Crippen LogP contribution in [-0.2, 0) is 6.54 Å². The Morgan fingerprint density at radius 3 is 2.79 bits per heavy atom. The lowest BCUT2D eigenvalue weighted by molar-refractivity contribution is 0.462. The molecule has 0 unspecified atom stereocenters. The molecule has 144 valence electrons. The number of halogens is 1. The van der Waals surface area contributed by atoms with Crippen LogP contribution in [-0.4, -0.2) is 39.1 Å². The molecule has 0 aliphatic heterocycles. The van der Waals surface area contributed by atoms with E-state index in [4.69, 9.17) is 16.3 Å². The van der Waals surface area contributed by atoms with Crippen molar-refractivity contribution in [2.75, 3.05) is 0 Å². The van der Waals surface area contributed by atoms with Crippen molar-refractivity contribution in [2.24, 2.45) is 0 Å². The van der Waals surface area contributed by atoms with Gasteiger partial charge in [0.1, 0.15) is 24.2 Å². The molecular formula is C18H13ClN8O2. The first kappa shape index (κ1) is 17.3. The summed E-state index contributed by atoms with van der Waals surface area (Å²) in [6.45, 7) is 1.96. The molecule has 29 heavy (non-hydrogen) atoms. The van der Waals surface area contributed by atoms with Crippen molar-refractivity contribution in [3.05, 3.63) is 70.0 Å². The highest BCUT2D eigenvalue weighted by molar-refractivity contribution is 6.30. The number of aryl methyl sites for hydroxylation is 1. The van der Waals surface area contributed by atoms with Gasteiger partial charge in [-0.15, -0.1) is 0 Å². The Morgan fingerprint density at radius 2 is 1.97 bits per heavy atom. The number of fused-ring (bicyclic) bond motifs is 2. The molecule has 5 aromatic rings. The minimum Gasteiger partial charge on any atom is -0.437 e. The van der Waals surface area contributed by atoms with E-state index in [0.29, 0.717) is 45.0 Å². The summed E-state index contributed by atoms with van der Waals surface area (Å²) < 4.78 is 8.59. The molecule has 1 aromatic carbocycles. The molecule has 1 N–H and O–H groups in total. The molecule has 0 spiro atoms. The molecule has 0 amide bonds. The molecule has 4 heterocycles. The van der Waals surface area contributed by atoms with Crippen LogP contribution in [0, 0.1) is 6.92 Å². The number of H-pyrrole nitrogens is 1. The molecule has 10 nitrogen and oxygen atoms in total. The summed E-state index contributed by atoms with van der Waals surface area (Å²) in [6, 6.07) is 6.92. The van der Waals surface area contributed by atoms with E-state index in [1.807, 2.05) is 0 Å². The van der Waals surface area contributed by atoms with Gasteiger partial charge in [0.2, 0.25) is 5.88 Å². The first-order valence-electron chi connectivity index (χ1n) is 8.61. The average Bonchev–Trinajstić information content (AvgIpc) is 3.29. The number of nitrogens with zero attached hydrogens (tertiary/aromatic N) is 7. The van der Waals surface area contributed by atoms with E-state index < -0.39 is 0 Å². The highest BCUT2D eigenvalue weighted by Crippen LogP contribution is 2.22. The van der Waals surface area contributed by atoms with Gasteiger partial charge in [-0.3, -0.25) is 9.36 Å². The van der Waals surface area contributed by atoms with Crippen molar-refractivity contribution in [1.29, 1.82) is 0 Å². The third kappa shape index (κ3) is 3.19. The molecule has 0 fully saturated rings. The topological polar surface area (TPSA) is 116 Å². The fourth-order valence-electron chi connectivity index (χ4n) is 2.92. The molecule has 11 heteroatoms. The van der Waals surface area contributed by atoms with Crippen LogP contribution >= 0.6 is 11.6 Å². The Labute approximate surface area is 167 Å². The maximum absolute atomic E-state index is 12.7. The zero-order chi connectivity index (χ0) is 20.0. The monoisotopic (exact) mass is 408 g/mol. The Morgan fingerprint density at radius 1 is 1.14 bits per heavy atom. The van der Waals surface area contributed by atoms with E-state index in [1.165, 1.54) is 27.9 Å². The Kier molecular flexibility index (Phi) is 3.98. The van der Waals surface area contributed by atoms with Gasteiger partial charge in [-0.25, -0.2) is 19.5 Å². The second kappa shape index (κ2) is 6.67. The lowest BCUT2D eigenvalue weighted by Gasteiger charge is -2.03. The lowest BCUT2D eigenvalue weighted by Crippen LogP contribution is -2.24. The summed E-state index contributed by atoms with van der Waals surface area (Å²) in [5, 5.41) is 4.81. The van der Waals surface area contributed by atoms with Gasteiger partial charge in [0.15, 0.2) is 16.8 Å². The Hall–Kier alpha value is -3.79. The van der Waals surface area contributed by atoms with Crippen LogP contribution < -0.4 is 10.3 Å². The van der Waals surface area contributed by atoms with Crippen molar-refractivity contribution in [1.82, 2.24) is 39.1 Å². The van der Waals surface area contributed by atoms with Gasteiger partial charge >= 0.3 is 0 Å². The number of rotatable bonds is 4. The van der Waals surface area contributed by atoms with Crippen LogP contribution in [0.25, 0.3) is 16.8 Å². The molecule has 0 aliphatic rings. The number of nitrogens with one attached hydrogen (secondary N) is 1. The molecule has 0 saturated heterocycles. The van der Waals surface area contributed by atoms with E-state index in [0.717, 1.165) is 0 Å². The first-order chi connectivity index (χ1) is 14.1. The van der Waals surface area contributed by atoms with E-state index >= 15 is 0 Å². The first-order valence-corrected chi connectivity index (χ1v) is 8.99. The van der Waals surface area contributed by atoms with Crippen LogP contribution in [0.3, 0.4) is 0 Å². The smallest absolute Gasteiger partial charge is 0.280 e. The molecule has 0 bridgehead atoms. The second-order valence-corrected chi connectivity index (χ2v) is 6.74. The predicted molar refractivity (Wildman–Crippen MR) is 104 cm³/mol. The highest BCUT2D eigenvalue weighted by atomic mass is 35.5. The second-order valence-electron chi connectivity index (χ2n) is 6.31. The van der Waals surface area contributed by atoms with Crippen LogP contribution in [0.15, 0.2) is 47.9 Å². The molecule has 0 atom stereocenters. The molecule has 0 saturated carbocycles. The van der Waals surface area contributed by atoms with Gasteiger partial charge in [-0.1, -0.05) is 11.6 Å². The Balaban J connectivity index is 1.44. The number of imidazole rings is 2. The summed E-state index contributed by atoms with van der Waals surface area (Å²) in [4.78, 5) is 32.9. The zero-order valence-electron chi connectivity index (χ0n) is 15.1. The highest BCUT2D eigenvalue weighted by Gasteiger charge is 2.12. The van der Waals surface area contributed by atoms with Crippen LogP contribution in [0.2, 0.25) is 5.02 Å². The summed E-state index contributed by atoms with van der Waals surface area (Å²) in [5.41, 5.74) is 1.72. The van der Waals surface area contributed by atoms with Gasteiger partial charge in [0.25, 0.3) is 5.56 Å². The zero-order valence-corrected chi connectivity index (χ0v) is 15.8. The lowest BCUT2D eigenvalue weighted by atomic mass is 10.3.